The van der Waals surface area contributed by atoms with Gasteiger partial charge in [0.25, 0.3) is 5.91 Å². The van der Waals surface area contributed by atoms with Crippen molar-refractivity contribution >= 4 is 21.7 Å². The van der Waals surface area contributed by atoms with E-state index in [0.29, 0.717) is 18.5 Å². The van der Waals surface area contributed by atoms with Crippen LogP contribution < -0.4 is 5.32 Å². The normalized spacial score (nSPS) is 23.4. The van der Waals surface area contributed by atoms with Crippen molar-refractivity contribution in [2.24, 2.45) is 0 Å². The van der Waals surface area contributed by atoms with Gasteiger partial charge in [0, 0.05) is 37.3 Å². The van der Waals surface area contributed by atoms with Gasteiger partial charge in [-0.15, -0.1) is 0 Å². The minimum Gasteiger partial charge on any atom is -0.349 e. The van der Waals surface area contributed by atoms with E-state index in [0.717, 1.165) is 25.9 Å². The number of hydrogen-bond acceptors (Lipinski definition) is 5. The second-order valence-corrected chi connectivity index (χ2v) is 10.2. The van der Waals surface area contributed by atoms with Crippen LogP contribution in [0.4, 0.5) is 0 Å². The average Bonchev–Trinajstić information content (AvgIpc) is 3.08. The molecule has 0 saturated carbocycles. The highest BCUT2D eigenvalue weighted by atomic mass is 32.2. The number of benzene rings is 1. The molecule has 1 aromatic carbocycles. The fourth-order valence-electron chi connectivity index (χ4n) is 4.30. The van der Waals surface area contributed by atoms with Gasteiger partial charge in [0.1, 0.15) is 0 Å². The summed E-state index contributed by atoms with van der Waals surface area (Å²) >= 11 is 0. The number of likely N-dealkylation sites (tertiary alicyclic amines) is 1. The predicted octanol–water partition coefficient (Wildman–Crippen LogP) is 1.30. The second kappa shape index (κ2) is 9.26. The average molecular weight is 422 g/mol. The molecule has 2 aliphatic heterocycles. The Bertz CT molecular complexity index is 820. The molecule has 160 valence electrons. The molecule has 7 nitrogen and oxygen atoms in total. The van der Waals surface area contributed by atoms with Crippen LogP contribution in [0, 0.1) is 0 Å². The Morgan fingerprint density at radius 3 is 2.38 bits per heavy atom. The number of amides is 2. The van der Waals surface area contributed by atoms with E-state index in [1.54, 1.807) is 17.0 Å². The summed E-state index contributed by atoms with van der Waals surface area (Å²) in [6.45, 7) is 5.78. The fourth-order valence-corrected chi connectivity index (χ4v) is 6.03. The molecule has 0 radical (unpaired) electrons. The molecule has 2 fully saturated rings. The standard InChI is InChI=1S/C21H31N3O4S/c1-3-24(19-11-14-29(27,28)15-19)21(26)16(2)23-12-9-18(10-13-23)22-20(25)17-7-5-4-6-8-17/h4-8,16,18-19H,3,9-15H2,1-2H3,(H,22,25)/t16-,19+/m0/s1. The summed E-state index contributed by atoms with van der Waals surface area (Å²) in [6, 6.07) is 8.78. The van der Waals surface area contributed by atoms with Gasteiger partial charge < -0.3 is 10.2 Å². The quantitative estimate of drug-likeness (QED) is 0.748. The van der Waals surface area contributed by atoms with Crippen LogP contribution in [0.3, 0.4) is 0 Å². The Kier molecular flexibility index (Phi) is 6.95. The molecule has 2 saturated heterocycles. The van der Waals surface area contributed by atoms with Gasteiger partial charge in [-0.25, -0.2) is 8.42 Å². The summed E-state index contributed by atoms with van der Waals surface area (Å²) in [5.41, 5.74) is 0.656. The Balaban J connectivity index is 1.52. The number of hydrogen-bond donors (Lipinski definition) is 1. The van der Waals surface area contributed by atoms with Gasteiger partial charge >= 0.3 is 0 Å². The van der Waals surface area contributed by atoms with Gasteiger partial charge in [-0.1, -0.05) is 18.2 Å². The number of nitrogens with zero attached hydrogens (tertiary/aromatic N) is 2. The van der Waals surface area contributed by atoms with Crippen LogP contribution in [-0.4, -0.2) is 79.3 Å². The van der Waals surface area contributed by atoms with Crippen molar-refractivity contribution in [3.8, 4) is 0 Å². The first-order valence-corrected chi connectivity index (χ1v) is 12.2. The summed E-state index contributed by atoms with van der Waals surface area (Å²) in [7, 11) is -3.02. The minimum atomic E-state index is -3.02. The zero-order valence-corrected chi connectivity index (χ0v) is 18.0. The third-order valence-corrected chi connectivity index (χ3v) is 7.83. The Hall–Kier alpha value is -1.93. The first-order valence-electron chi connectivity index (χ1n) is 10.4. The number of piperidine rings is 1. The molecule has 0 aromatic heterocycles. The molecule has 0 unspecified atom stereocenters. The molecule has 0 aliphatic carbocycles. The summed E-state index contributed by atoms with van der Waals surface area (Å²) in [6.07, 6.45) is 2.11. The lowest BCUT2D eigenvalue weighted by Gasteiger charge is -2.38. The third kappa shape index (κ3) is 5.36. The van der Waals surface area contributed by atoms with Crippen LogP contribution in [-0.2, 0) is 14.6 Å². The van der Waals surface area contributed by atoms with Crippen molar-refractivity contribution in [3.63, 3.8) is 0 Å². The van der Waals surface area contributed by atoms with Crippen LogP contribution in [0.1, 0.15) is 43.5 Å². The smallest absolute Gasteiger partial charge is 0.251 e. The molecule has 2 aliphatic rings. The third-order valence-electron chi connectivity index (χ3n) is 6.08. The number of rotatable bonds is 6. The second-order valence-electron chi connectivity index (χ2n) is 8.01. The van der Waals surface area contributed by atoms with Crippen LogP contribution in [0.25, 0.3) is 0 Å². The lowest BCUT2D eigenvalue weighted by Crippen LogP contribution is -2.54. The first-order chi connectivity index (χ1) is 13.8. The SMILES string of the molecule is CCN(C(=O)[C@H](C)N1CCC(NC(=O)c2ccccc2)CC1)[C@@H]1CCS(=O)(=O)C1. The molecule has 0 spiro atoms. The van der Waals surface area contributed by atoms with E-state index < -0.39 is 9.84 Å². The molecule has 1 N–H and O–H groups in total. The van der Waals surface area contributed by atoms with Crippen molar-refractivity contribution < 1.29 is 18.0 Å². The van der Waals surface area contributed by atoms with E-state index in [9.17, 15) is 18.0 Å². The summed E-state index contributed by atoms with van der Waals surface area (Å²) in [5, 5.41) is 3.08. The molecular weight excluding hydrogens is 390 g/mol. The highest BCUT2D eigenvalue weighted by Gasteiger charge is 2.37. The Morgan fingerprint density at radius 2 is 1.83 bits per heavy atom. The highest BCUT2D eigenvalue weighted by molar-refractivity contribution is 7.91. The van der Waals surface area contributed by atoms with Gasteiger partial charge in [0.05, 0.1) is 17.5 Å². The van der Waals surface area contributed by atoms with Crippen LogP contribution in [0.5, 0.6) is 0 Å². The lowest BCUT2D eigenvalue weighted by atomic mass is 10.0. The zero-order valence-electron chi connectivity index (χ0n) is 17.2. The largest absolute Gasteiger partial charge is 0.349 e. The molecule has 8 heteroatoms. The Morgan fingerprint density at radius 1 is 1.17 bits per heavy atom. The van der Waals surface area contributed by atoms with Crippen LogP contribution in [0.15, 0.2) is 30.3 Å². The maximum atomic E-state index is 13.0. The minimum absolute atomic E-state index is 0.00127. The highest BCUT2D eigenvalue weighted by Crippen LogP contribution is 2.21. The van der Waals surface area contributed by atoms with E-state index in [4.69, 9.17) is 0 Å². The van der Waals surface area contributed by atoms with E-state index in [1.807, 2.05) is 32.0 Å². The Labute approximate surface area is 173 Å². The maximum absolute atomic E-state index is 13.0. The van der Waals surface area contributed by atoms with Gasteiger partial charge in [0.15, 0.2) is 9.84 Å². The van der Waals surface area contributed by atoms with Gasteiger partial charge in [-0.2, -0.15) is 0 Å². The number of nitrogens with one attached hydrogen (secondary N) is 1. The molecule has 1 aromatic rings. The van der Waals surface area contributed by atoms with Crippen molar-refractivity contribution in [2.75, 3.05) is 31.1 Å². The molecule has 29 heavy (non-hydrogen) atoms. The molecule has 3 rings (SSSR count). The molecular formula is C21H31N3O4S. The van der Waals surface area contributed by atoms with Gasteiger partial charge in [-0.05, 0) is 45.2 Å². The summed E-state index contributed by atoms with van der Waals surface area (Å²) in [4.78, 5) is 29.2. The number of likely N-dealkylation sites (N-methyl/N-ethyl adjacent to an activating group) is 1. The molecule has 0 bridgehead atoms. The van der Waals surface area contributed by atoms with Crippen LogP contribution in [0.2, 0.25) is 0 Å². The zero-order chi connectivity index (χ0) is 21.0. The van der Waals surface area contributed by atoms with E-state index in [-0.39, 0.29) is 41.4 Å². The molecule has 2 heterocycles. The molecule has 2 amide bonds. The summed E-state index contributed by atoms with van der Waals surface area (Å²) < 4.78 is 23.6. The number of sulfone groups is 1. The maximum Gasteiger partial charge on any atom is 0.251 e. The topological polar surface area (TPSA) is 86.8 Å². The number of carbonyl (C=O) groups is 2. The van der Waals surface area contributed by atoms with Gasteiger partial charge in [0.2, 0.25) is 5.91 Å². The van der Waals surface area contributed by atoms with E-state index in [1.165, 1.54) is 0 Å². The fraction of sp³-hybridized carbons (Fsp3) is 0.619. The van der Waals surface area contributed by atoms with Crippen molar-refractivity contribution in [1.29, 1.82) is 0 Å². The van der Waals surface area contributed by atoms with Crippen molar-refractivity contribution in [2.45, 2.75) is 51.2 Å². The predicted molar refractivity (Wildman–Crippen MR) is 112 cm³/mol. The van der Waals surface area contributed by atoms with E-state index >= 15 is 0 Å². The van der Waals surface area contributed by atoms with E-state index in [2.05, 4.69) is 10.2 Å². The van der Waals surface area contributed by atoms with Crippen LogP contribution >= 0.6 is 0 Å². The van der Waals surface area contributed by atoms with Crippen molar-refractivity contribution in [3.05, 3.63) is 35.9 Å². The van der Waals surface area contributed by atoms with Gasteiger partial charge in [-0.3, -0.25) is 14.5 Å². The number of carbonyl (C=O) groups excluding carboxylic acids is 2. The van der Waals surface area contributed by atoms with Crippen molar-refractivity contribution in [1.82, 2.24) is 15.1 Å². The monoisotopic (exact) mass is 421 g/mol. The molecule has 2 atom stereocenters. The first kappa shape index (κ1) is 21.8. The lowest BCUT2D eigenvalue weighted by molar-refractivity contribution is -0.138. The summed E-state index contributed by atoms with van der Waals surface area (Å²) in [5.74, 6) is 0.184.